The van der Waals surface area contributed by atoms with Crippen LogP contribution in [0.25, 0.3) is 0 Å². The van der Waals surface area contributed by atoms with Gasteiger partial charge in [0.15, 0.2) is 5.82 Å². The number of nitrogens with one attached hydrogen (secondary N) is 2. The summed E-state index contributed by atoms with van der Waals surface area (Å²) in [5.41, 5.74) is 0.875. The van der Waals surface area contributed by atoms with Crippen molar-refractivity contribution >= 4 is 38.8 Å². The maximum Gasteiger partial charge on any atom is 0.265 e. The molecule has 7 nitrogen and oxygen atoms in total. The van der Waals surface area contributed by atoms with E-state index in [9.17, 15) is 13.5 Å². The first-order valence-corrected chi connectivity index (χ1v) is 9.62. The molecule has 0 aliphatic carbocycles. The molecular formula is C18H16ClN3O4S. The van der Waals surface area contributed by atoms with Gasteiger partial charge in [0.1, 0.15) is 16.4 Å². The molecule has 0 fully saturated rings. The van der Waals surface area contributed by atoms with E-state index in [4.69, 9.17) is 16.3 Å². The van der Waals surface area contributed by atoms with Crippen molar-refractivity contribution < 1.29 is 18.3 Å². The summed E-state index contributed by atoms with van der Waals surface area (Å²) in [5, 5.41) is 12.6. The Kier molecular flexibility index (Phi) is 5.38. The first-order chi connectivity index (χ1) is 12.9. The molecule has 0 radical (unpaired) electrons. The minimum Gasteiger partial charge on any atom is -0.508 e. The molecule has 0 aliphatic rings. The number of aromatic nitrogens is 1. The highest BCUT2D eigenvalue weighted by Gasteiger charge is 2.21. The number of sulfonamides is 1. The van der Waals surface area contributed by atoms with Gasteiger partial charge in [0.25, 0.3) is 10.0 Å². The molecule has 1 heterocycles. The quantitative estimate of drug-likeness (QED) is 0.536. The number of rotatable bonds is 6. The SMILES string of the molecule is COc1ccc(Cl)cc1S(=O)(=O)Nc1cccnc1Nc1ccc(O)cc1. The lowest BCUT2D eigenvalue weighted by atomic mass is 10.3. The monoisotopic (exact) mass is 405 g/mol. The highest BCUT2D eigenvalue weighted by atomic mass is 35.5. The zero-order valence-electron chi connectivity index (χ0n) is 14.2. The number of nitrogens with zero attached hydrogens (tertiary/aromatic N) is 1. The third kappa shape index (κ3) is 4.42. The molecule has 0 spiro atoms. The Labute approximate surface area is 161 Å². The number of aromatic hydroxyl groups is 1. The predicted octanol–water partition coefficient (Wildman–Crippen LogP) is 3.99. The van der Waals surface area contributed by atoms with E-state index in [0.29, 0.717) is 11.5 Å². The zero-order valence-corrected chi connectivity index (χ0v) is 15.8. The van der Waals surface area contributed by atoms with Crippen LogP contribution in [0.4, 0.5) is 17.2 Å². The molecule has 0 aliphatic heterocycles. The predicted molar refractivity (Wildman–Crippen MR) is 104 cm³/mol. The van der Waals surface area contributed by atoms with Crippen LogP contribution in [0, 0.1) is 0 Å². The van der Waals surface area contributed by atoms with Gasteiger partial charge in [-0.3, -0.25) is 4.72 Å². The topological polar surface area (TPSA) is 101 Å². The smallest absolute Gasteiger partial charge is 0.265 e. The van der Waals surface area contributed by atoms with Gasteiger partial charge in [-0.25, -0.2) is 13.4 Å². The maximum absolute atomic E-state index is 12.8. The normalized spacial score (nSPS) is 11.0. The van der Waals surface area contributed by atoms with Crippen molar-refractivity contribution in [3.05, 3.63) is 65.8 Å². The largest absolute Gasteiger partial charge is 0.508 e. The third-order valence-corrected chi connectivity index (χ3v) is 5.22. The second-order valence-corrected chi connectivity index (χ2v) is 7.56. The number of hydrogen-bond donors (Lipinski definition) is 3. The van der Waals surface area contributed by atoms with Crippen LogP contribution in [0.15, 0.2) is 65.7 Å². The van der Waals surface area contributed by atoms with E-state index in [2.05, 4.69) is 15.0 Å². The number of halogens is 1. The van der Waals surface area contributed by atoms with E-state index in [1.54, 1.807) is 30.3 Å². The second kappa shape index (κ2) is 7.73. The Morgan fingerprint density at radius 3 is 2.56 bits per heavy atom. The molecule has 0 amide bonds. The molecular weight excluding hydrogens is 390 g/mol. The van der Waals surface area contributed by atoms with Crippen LogP contribution < -0.4 is 14.8 Å². The van der Waals surface area contributed by atoms with E-state index in [1.807, 2.05) is 0 Å². The van der Waals surface area contributed by atoms with Crippen molar-refractivity contribution in [2.24, 2.45) is 0 Å². The van der Waals surface area contributed by atoms with E-state index in [1.165, 1.54) is 37.6 Å². The first-order valence-electron chi connectivity index (χ1n) is 7.76. The van der Waals surface area contributed by atoms with Crippen LogP contribution in [0.2, 0.25) is 5.02 Å². The number of ether oxygens (including phenoxy) is 1. The lowest BCUT2D eigenvalue weighted by molar-refractivity contribution is 0.403. The van der Waals surface area contributed by atoms with Gasteiger partial charge in [-0.05, 0) is 54.6 Å². The fraction of sp³-hybridized carbons (Fsp3) is 0.0556. The molecule has 0 atom stereocenters. The summed E-state index contributed by atoms with van der Waals surface area (Å²) < 4.78 is 33.3. The second-order valence-electron chi connectivity index (χ2n) is 5.47. The fourth-order valence-electron chi connectivity index (χ4n) is 2.33. The van der Waals surface area contributed by atoms with Crippen LogP contribution in [0.5, 0.6) is 11.5 Å². The van der Waals surface area contributed by atoms with Gasteiger partial charge in [-0.2, -0.15) is 0 Å². The summed E-state index contributed by atoms with van der Waals surface area (Å²) in [5.74, 6) is 0.590. The zero-order chi connectivity index (χ0) is 19.4. The van der Waals surface area contributed by atoms with E-state index in [-0.39, 0.29) is 27.1 Å². The summed E-state index contributed by atoms with van der Waals surface area (Å²) in [6.45, 7) is 0. The standard InChI is InChI=1S/C18H16ClN3O4S/c1-26-16-9-4-12(19)11-17(16)27(24,25)22-15-3-2-10-20-18(15)21-13-5-7-14(23)8-6-13/h2-11,22-23H,1H3,(H,20,21). The molecule has 2 aromatic carbocycles. The first kappa shape index (κ1) is 18.8. The van der Waals surface area contributed by atoms with Crippen molar-refractivity contribution in [3.63, 3.8) is 0 Å². The number of hydrogen-bond acceptors (Lipinski definition) is 6. The minimum absolute atomic E-state index is 0.0862. The third-order valence-electron chi connectivity index (χ3n) is 3.60. The lowest BCUT2D eigenvalue weighted by Gasteiger charge is -2.15. The molecule has 0 saturated carbocycles. The van der Waals surface area contributed by atoms with Crippen LogP contribution in [-0.4, -0.2) is 25.6 Å². The Morgan fingerprint density at radius 2 is 1.85 bits per heavy atom. The average molecular weight is 406 g/mol. The van der Waals surface area contributed by atoms with Crippen LogP contribution in [0.3, 0.4) is 0 Å². The molecule has 0 bridgehead atoms. The molecule has 3 aromatic rings. The molecule has 3 N–H and O–H groups in total. The van der Waals surface area contributed by atoms with Gasteiger partial charge in [-0.15, -0.1) is 0 Å². The van der Waals surface area contributed by atoms with Gasteiger partial charge in [0.05, 0.1) is 12.8 Å². The van der Waals surface area contributed by atoms with Crippen LogP contribution in [0.1, 0.15) is 0 Å². The number of phenolic OH excluding ortho intramolecular Hbond substituents is 1. The molecule has 9 heteroatoms. The van der Waals surface area contributed by atoms with Gasteiger partial charge < -0.3 is 15.2 Å². The average Bonchev–Trinajstić information content (AvgIpc) is 2.65. The van der Waals surface area contributed by atoms with E-state index >= 15 is 0 Å². The maximum atomic E-state index is 12.8. The Bertz CT molecular complexity index is 1060. The lowest BCUT2D eigenvalue weighted by Crippen LogP contribution is -2.15. The molecule has 1 aromatic heterocycles. The summed E-state index contributed by atoms with van der Waals surface area (Å²) in [6, 6.07) is 13.8. The van der Waals surface area contributed by atoms with Crippen molar-refractivity contribution in [1.29, 1.82) is 0 Å². The summed E-state index contributed by atoms with van der Waals surface area (Å²) >= 11 is 5.94. The summed E-state index contributed by atoms with van der Waals surface area (Å²) in [4.78, 5) is 4.09. The minimum atomic E-state index is -3.98. The summed E-state index contributed by atoms with van der Waals surface area (Å²) in [7, 11) is -2.60. The molecule has 27 heavy (non-hydrogen) atoms. The number of phenols is 1. The molecule has 0 unspecified atom stereocenters. The number of anilines is 3. The van der Waals surface area contributed by atoms with Crippen molar-refractivity contribution in [2.45, 2.75) is 4.90 Å². The number of benzene rings is 2. The number of pyridine rings is 1. The Balaban J connectivity index is 1.94. The highest BCUT2D eigenvalue weighted by molar-refractivity contribution is 7.92. The van der Waals surface area contributed by atoms with Crippen molar-refractivity contribution in [1.82, 2.24) is 4.98 Å². The molecule has 140 valence electrons. The van der Waals surface area contributed by atoms with Gasteiger partial charge in [-0.1, -0.05) is 11.6 Å². The van der Waals surface area contributed by atoms with E-state index < -0.39 is 10.0 Å². The molecule has 3 rings (SSSR count). The van der Waals surface area contributed by atoms with Crippen LogP contribution in [-0.2, 0) is 10.0 Å². The fourth-order valence-corrected chi connectivity index (χ4v) is 3.83. The van der Waals surface area contributed by atoms with Gasteiger partial charge in [0, 0.05) is 16.9 Å². The van der Waals surface area contributed by atoms with Gasteiger partial charge >= 0.3 is 0 Å². The number of methoxy groups -OCH3 is 1. The Morgan fingerprint density at radius 1 is 1.11 bits per heavy atom. The summed E-state index contributed by atoms with van der Waals surface area (Å²) in [6.07, 6.45) is 1.53. The van der Waals surface area contributed by atoms with Crippen LogP contribution >= 0.6 is 11.6 Å². The molecule has 0 saturated heterocycles. The van der Waals surface area contributed by atoms with Crippen molar-refractivity contribution in [3.8, 4) is 11.5 Å². The highest BCUT2D eigenvalue weighted by Crippen LogP contribution is 2.31. The van der Waals surface area contributed by atoms with E-state index in [0.717, 1.165) is 0 Å². The van der Waals surface area contributed by atoms with Gasteiger partial charge in [0.2, 0.25) is 0 Å². The van der Waals surface area contributed by atoms with Crippen molar-refractivity contribution in [2.75, 3.05) is 17.1 Å². The Hall–Kier alpha value is -2.97.